The van der Waals surface area contributed by atoms with E-state index in [1.54, 1.807) is 6.07 Å². The average Bonchev–Trinajstić information content (AvgIpc) is 2.22. The van der Waals surface area contributed by atoms with Crippen LogP contribution in [0.1, 0.15) is 30.9 Å². The molecule has 0 radical (unpaired) electrons. The van der Waals surface area contributed by atoms with Gasteiger partial charge in [0, 0.05) is 6.04 Å². The first-order valence-electron chi connectivity index (χ1n) is 4.96. The van der Waals surface area contributed by atoms with Gasteiger partial charge in [0.25, 0.3) is 0 Å². The molecule has 1 nitrogen and oxygen atoms in total. The minimum atomic E-state index is 0.0275. The fraction of sp³-hybridized carbons (Fsp3) is 0.333. The minimum Gasteiger partial charge on any atom is -0.324 e. The topological polar surface area (TPSA) is 26.0 Å². The first-order valence-corrected chi connectivity index (χ1v) is 5.72. The van der Waals surface area contributed by atoms with E-state index in [0.29, 0.717) is 10.0 Å². The summed E-state index contributed by atoms with van der Waals surface area (Å²) >= 11 is 11.7. The molecule has 0 amide bonds. The van der Waals surface area contributed by atoms with Crippen molar-refractivity contribution in [3.05, 3.63) is 46.5 Å². The predicted octanol–water partition coefficient (Wildman–Crippen LogP) is 4.35. The van der Waals surface area contributed by atoms with Crippen molar-refractivity contribution in [1.82, 2.24) is 0 Å². The molecule has 0 aliphatic rings. The second kappa shape index (κ2) is 6.16. The van der Waals surface area contributed by atoms with Gasteiger partial charge in [-0.05, 0) is 37.0 Å². The third-order valence-corrected chi connectivity index (χ3v) is 3.03. The smallest absolute Gasteiger partial charge is 0.0595 e. The zero-order chi connectivity index (χ0) is 11.3. The number of rotatable bonds is 5. The lowest BCUT2D eigenvalue weighted by Gasteiger charge is -2.12. The van der Waals surface area contributed by atoms with Gasteiger partial charge in [-0.2, -0.15) is 0 Å². The third-order valence-electron chi connectivity index (χ3n) is 2.30. The summed E-state index contributed by atoms with van der Waals surface area (Å²) in [7, 11) is 0. The van der Waals surface area contributed by atoms with Crippen LogP contribution in [0.15, 0.2) is 30.9 Å². The van der Waals surface area contributed by atoms with E-state index in [9.17, 15) is 0 Å². The van der Waals surface area contributed by atoms with Gasteiger partial charge in [0.15, 0.2) is 0 Å². The van der Waals surface area contributed by atoms with Gasteiger partial charge in [-0.1, -0.05) is 35.3 Å². The van der Waals surface area contributed by atoms with Crippen LogP contribution in [0.2, 0.25) is 10.0 Å². The minimum absolute atomic E-state index is 0.0275. The summed E-state index contributed by atoms with van der Waals surface area (Å²) in [6, 6.07) is 5.57. The summed E-state index contributed by atoms with van der Waals surface area (Å²) < 4.78 is 0. The monoisotopic (exact) mass is 243 g/mol. The fourth-order valence-corrected chi connectivity index (χ4v) is 1.70. The maximum absolute atomic E-state index is 6.02. The lowest BCUT2D eigenvalue weighted by Crippen LogP contribution is -2.09. The van der Waals surface area contributed by atoms with Crippen LogP contribution in [0.5, 0.6) is 0 Å². The van der Waals surface area contributed by atoms with Gasteiger partial charge in [-0.3, -0.25) is 0 Å². The van der Waals surface area contributed by atoms with Gasteiger partial charge >= 0.3 is 0 Å². The molecule has 15 heavy (non-hydrogen) atoms. The molecule has 1 rings (SSSR count). The van der Waals surface area contributed by atoms with E-state index in [1.807, 2.05) is 18.2 Å². The molecule has 0 aliphatic carbocycles. The van der Waals surface area contributed by atoms with E-state index in [1.165, 1.54) is 0 Å². The SMILES string of the molecule is C=CCCCC(N)c1ccc(Cl)c(Cl)c1. The molecule has 1 aromatic carbocycles. The summed E-state index contributed by atoms with van der Waals surface area (Å²) in [4.78, 5) is 0. The third kappa shape index (κ3) is 3.86. The highest BCUT2D eigenvalue weighted by atomic mass is 35.5. The molecule has 0 spiro atoms. The van der Waals surface area contributed by atoms with Gasteiger partial charge in [0.2, 0.25) is 0 Å². The maximum Gasteiger partial charge on any atom is 0.0595 e. The highest BCUT2D eigenvalue weighted by Crippen LogP contribution is 2.26. The number of benzene rings is 1. The van der Waals surface area contributed by atoms with Crippen LogP contribution in [0.25, 0.3) is 0 Å². The Morgan fingerprint density at radius 1 is 1.33 bits per heavy atom. The second-order valence-electron chi connectivity index (χ2n) is 3.50. The molecule has 2 N–H and O–H groups in total. The highest BCUT2D eigenvalue weighted by Gasteiger charge is 2.07. The number of nitrogens with two attached hydrogens (primary N) is 1. The Morgan fingerprint density at radius 2 is 2.07 bits per heavy atom. The lowest BCUT2D eigenvalue weighted by molar-refractivity contribution is 0.617. The molecule has 0 fully saturated rings. The Kier molecular flexibility index (Phi) is 5.16. The van der Waals surface area contributed by atoms with Crippen LogP contribution in [-0.4, -0.2) is 0 Å². The number of hydrogen-bond donors (Lipinski definition) is 1. The van der Waals surface area contributed by atoms with Gasteiger partial charge < -0.3 is 5.73 Å². The van der Waals surface area contributed by atoms with Crippen molar-refractivity contribution in [2.24, 2.45) is 5.73 Å². The van der Waals surface area contributed by atoms with Crippen LogP contribution in [0, 0.1) is 0 Å². The van der Waals surface area contributed by atoms with Crippen LogP contribution in [0.3, 0.4) is 0 Å². The summed E-state index contributed by atoms with van der Waals surface area (Å²) in [6.07, 6.45) is 4.88. The molecular weight excluding hydrogens is 229 g/mol. The van der Waals surface area contributed by atoms with Gasteiger partial charge in [0.1, 0.15) is 0 Å². The Bertz CT molecular complexity index is 336. The number of unbranched alkanes of at least 4 members (excludes halogenated alkanes) is 1. The number of allylic oxidation sites excluding steroid dienone is 1. The zero-order valence-corrected chi connectivity index (χ0v) is 10.1. The summed E-state index contributed by atoms with van der Waals surface area (Å²) in [6.45, 7) is 3.68. The standard InChI is InChI=1S/C12H15Cl2N/c1-2-3-4-5-12(15)9-6-7-10(13)11(14)8-9/h2,6-8,12H,1,3-5,15H2. The molecule has 3 heteroatoms. The van der Waals surface area contributed by atoms with Crippen LogP contribution < -0.4 is 5.73 Å². The molecular formula is C12H15Cl2N. The van der Waals surface area contributed by atoms with Gasteiger partial charge in [-0.15, -0.1) is 6.58 Å². The van der Waals surface area contributed by atoms with Crippen molar-refractivity contribution >= 4 is 23.2 Å². The Labute approximate surface area is 101 Å². The van der Waals surface area contributed by atoms with E-state index in [0.717, 1.165) is 24.8 Å². The molecule has 1 aromatic rings. The molecule has 0 saturated carbocycles. The lowest BCUT2D eigenvalue weighted by atomic mass is 10.0. The maximum atomic E-state index is 6.02. The largest absolute Gasteiger partial charge is 0.324 e. The van der Waals surface area contributed by atoms with Crippen molar-refractivity contribution in [2.45, 2.75) is 25.3 Å². The highest BCUT2D eigenvalue weighted by molar-refractivity contribution is 6.42. The van der Waals surface area contributed by atoms with Crippen molar-refractivity contribution in [3.8, 4) is 0 Å². The Balaban J connectivity index is 2.61. The molecule has 0 heterocycles. The average molecular weight is 244 g/mol. The molecule has 0 aliphatic heterocycles. The zero-order valence-electron chi connectivity index (χ0n) is 8.55. The molecule has 1 unspecified atom stereocenters. The quantitative estimate of drug-likeness (QED) is 0.604. The molecule has 0 bridgehead atoms. The number of halogens is 2. The van der Waals surface area contributed by atoms with Gasteiger partial charge in [-0.25, -0.2) is 0 Å². The Morgan fingerprint density at radius 3 is 2.67 bits per heavy atom. The first-order chi connectivity index (χ1) is 7.15. The summed E-state index contributed by atoms with van der Waals surface area (Å²) in [5.74, 6) is 0. The summed E-state index contributed by atoms with van der Waals surface area (Å²) in [5, 5.41) is 1.13. The molecule has 1 atom stereocenters. The van der Waals surface area contributed by atoms with Crippen LogP contribution in [-0.2, 0) is 0 Å². The molecule has 0 saturated heterocycles. The number of hydrogen-bond acceptors (Lipinski definition) is 1. The van der Waals surface area contributed by atoms with Crippen molar-refractivity contribution in [2.75, 3.05) is 0 Å². The normalized spacial score (nSPS) is 12.5. The van der Waals surface area contributed by atoms with E-state index >= 15 is 0 Å². The van der Waals surface area contributed by atoms with Gasteiger partial charge in [0.05, 0.1) is 10.0 Å². The van der Waals surface area contributed by atoms with E-state index in [2.05, 4.69) is 6.58 Å². The van der Waals surface area contributed by atoms with Crippen molar-refractivity contribution in [3.63, 3.8) is 0 Å². The molecule has 82 valence electrons. The Hall–Kier alpha value is -0.500. The second-order valence-corrected chi connectivity index (χ2v) is 4.31. The van der Waals surface area contributed by atoms with Crippen molar-refractivity contribution < 1.29 is 0 Å². The van der Waals surface area contributed by atoms with Crippen molar-refractivity contribution in [1.29, 1.82) is 0 Å². The fourth-order valence-electron chi connectivity index (χ4n) is 1.39. The summed E-state index contributed by atoms with van der Waals surface area (Å²) in [5.41, 5.74) is 7.05. The van der Waals surface area contributed by atoms with E-state index in [4.69, 9.17) is 28.9 Å². The van der Waals surface area contributed by atoms with E-state index < -0.39 is 0 Å². The predicted molar refractivity (Wildman–Crippen MR) is 67.4 cm³/mol. The van der Waals surface area contributed by atoms with Crippen LogP contribution in [0.4, 0.5) is 0 Å². The molecule has 0 aromatic heterocycles. The van der Waals surface area contributed by atoms with E-state index in [-0.39, 0.29) is 6.04 Å². The first kappa shape index (κ1) is 12.6. The van der Waals surface area contributed by atoms with Crippen LogP contribution >= 0.6 is 23.2 Å².